The molecule has 0 saturated heterocycles. The molecule has 1 aliphatic rings. The Bertz CT molecular complexity index is 634. The van der Waals surface area contributed by atoms with E-state index in [-0.39, 0.29) is 30.2 Å². The average Bonchev–Trinajstić information content (AvgIpc) is 2.92. The van der Waals surface area contributed by atoms with Gasteiger partial charge in [0.05, 0.1) is 12.2 Å². The Hall–Kier alpha value is -2.37. The van der Waals surface area contributed by atoms with E-state index in [1.807, 2.05) is 4.90 Å². The first kappa shape index (κ1) is 20.9. The molecule has 1 saturated carbocycles. The van der Waals surface area contributed by atoms with Gasteiger partial charge in [-0.15, -0.1) is 0 Å². The number of carbonyl (C=O) groups is 3. The van der Waals surface area contributed by atoms with Crippen molar-refractivity contribution in [3.05, 3.63) is 29.8 Å². The van der Waals surface area contributed by atoms with Gasteiger partial charge >= 0.3 is 5.97 Å². The number of nitrogens with one attached hydrogen (secondary N) is 1. The van der Waals surface area contributed by atoms with Crippen molar-refractivity contribution in [1.82, 2.24) is 4.90 Å². The van der Waals surface area contributed by atoms with E-state index in [2.05, 4.69) is 5.32 Å². The zero-order valence-electron chi connectivity index (χ0n) is 16.3. The van der Waals surface area contributed by atoms with Gasteiger partial charge in [0, 0.05) is 31.6 Å². The fraction of sp³-hybridized carbons (Fsp3) is 0.571. The van der Waals surface area contributed by atoms with Crippen molar-refractivity contribution in [2.24, 2.45) is 0 Å². The van der Waals surface area contributed by atoms with Crippen LogP contribution in [0.3, 0.4) is 0 Å². The lowest BCUT2D eigenvalue weighted by Crippen LogP contribution is -2.40. The number of anilines is 1. The fourth-order valence-electron chi connectivity index (χ4n) is 3.52. The molecule has 0 heterocycles. The Balaban J connectivity index is 1.86. The molecule has 1 aromatic rings. The monoisotopic (exact) mass is 374 g/mol. The molecule has 1 aliphatic carbocycles. The number of hydrogen-bond acceptors (Lipinski definition) is 4. The lowest BCUT2D eigenvalue weighted by Gasteiger charge is -2.30. The Morgan fingerprint density at radius 3 is 2.26 bits per heavy atom. The van der Waals surface area contributed by atoms with Crippen molar-refractivity contribution in [2.45, 2.75) is 64.8 Å². The first-order chi connectivity index (χ1) is 13.0. The number of rotatable bonds is 7. The van der Waals surface area contributed by atoms with Gasteiger partial charge in [-0.05, 0) is 44.0 Å². The summed E-state index contributed by atoms with van der Waals surface area (Å²) in [5, 5.41) is 2.82. The Kier molecular flexibility index (Phi) is 8.30. The maximum Gasteiger partial charge on any atom is 0.338 e. The van der Waals surface area contributed by atoms with Crippen molar-refractivity contribution in [2.75, 3.05) is 18.5 Å². The number of carbonyl (C=O) groups excluding carboxylic acids is 3. The summed E-state index contributed by atoms with van der Waals surface area (Å²) >= 11 is 0. The second-order valence-electron chi connectivity index (χ2n) is 6.95. The molecule has 2 amide bonds. The molecule has 0 spiro atoms. The van der Waals surface area contributed by atoms with Gasteiger partial charge < -0.3 is 15.0 Å². The van der Waals surface area contributed by atoms with Crippen LogP contribution in [0.4, 0.5) is 5.69 Å². The van der Waals surface area contributed by atoms with Crippen LogP contribution in [0.5, 0.6) is 0 Å². The van der Waals surface area contributed by atoms with Crippen LogP contribution in [0, 0.1) is 0 Å². The minimum atomic E-state index is -0.379. The zero-order chi connectivity index (χ0) is 19.6. The lowest BCUT2D eigenvalue weighted by atomic mass is 10.1. The fourth-order valence-corrected chi connectivity index (χ4v) is 3.52. The molecule has 0 radical (unpaired) electrons. The smallest absolute Gasteiger partial charge is 0.338 e. The maximum absolute atomic E-state index is 12.3. The number of nitrogens with zero attached hydrogens (tertiary/aromatic N) is 1. The van der Waals surface area contributed by atoms with Crippen LogP contribution >= 0.6 is 0 Å². The van der Waals surface area contributed by atoms with E-state index in [0.717, 1.165) is 25.7 Å². The topological polar surface area (TPSA) is 75.7 Å². The van der Waals surface area contributed by atoms with E-state index >= 15 is 0 Å². The minimum absolute atomic E-state index is 0.0356. The molecule has 1 aromatic carbocycles. The van der Waals surface area contributed by atoms with Gasteiger partial charge in [-0.3, -0.25) is 9.59 Å². The van der Waals surface area contributed by atoms with Crippen LogP contribution in [0.15, 0.2) is 24.3 Å². The van der Waals surface area contributed by atoms with Gasteiger partial charge in [0.25, 0.3) is 0 Å². The number of amides is 2. The Morgan fingerprint density at radius 2 is 1.70 bits per heavy atom. The predicted octanol–water partition coefficient (Wildman–Crippen LogP) is 3.76. The van der Waals surface area contributed by atoms with Gasteiger partial charge in [-0.1, -0.05) is 25.7 Å². The SMILES string of the molecule is CCOC(=O)c1ccc(NC(=O)CCN(C(C)=O)C2CCCCCC2)cc1. The first-order valence-corrected chi connectivity index (χ1v) is 9.85. The van der Waals surface area contributed by atoms with Crippen LogP contribution in [-0.4, -0.2) is 41.9 Å². The summed E-state index contributed by atoms with van der Waals surface area (Å²) in [5.41, 5.74) is 1.07. The van der Waals surface area contributed by atoms with Crippen LogP contribution < -0.4 is 5.32 Å². The van der Waals surface area contributed by atoms with Crippen molar-refractivity contribution in [3.8, 4) is 0 Å². The molecule has 6 nitrogen and oxygen atoms in total. The molecular weight excluding hydrogens is 344 g/mol. The molecule has 1 N–H and O–H groups in total. The molecule has 27 heavy (non-hydrogen) atoms. The summed E-state index contributed by atoms with van der Waals surface area (Å²) in [6, 6.07) is 6.86. The standard InChI is InChI=1S/C21H30N2O4/c1-3-27-21(26)17-10-12-18(13-11-17)22-20(25)14-15-23(16(2)24)19-8-6-4-5-7-9-19/h10-13,19H,3-9,14-15H2,1-2H3,(H,22,25). The average molecular weight is 374 g/mol. The van der Waals surface area contributed by atoms with Gasteiger partial charge in [0.1, 0.15) is 0 Å². The molecule has 0 unspecified atom stereocenters. The van der Waals surface area contributed by atoms with Crippen LogP contribution in [0.1, 0.15) is 69.2 Å². The zero-order valence-corrected chi connectivity index (χ0v) is 16.3. The molecule has 0 bridgehead atoms. The summed E-state index contributed by atoms with van der Waals surface area (Å²) in [6.07, 6.45) is 7.05. The number of esters is 1. The normalized spacial score (nSPS) is 14.9. The highest BCUT2D eigenvalue weighted by molar-refractivity contribution is 5.93. The molecule has 148 valence electrons. The highest BCUT2D eigenvalue weighted by atomic mass is 16.5. The summed E-state index contributed by atoms with van der Waals surface area (Å²) in [7, 11) is 0. The van der Waals surface area contributed by atoms with Gasteiger partial charge in [0.2, 0.25) is 11.8 Å². The summed E-state index contributed by atoms with van der Waals surface area (Å²) in [4.78, 5) is 37.8. The molecule has 0 aliphatic heterocycles. The maximum atomic E-state index is 12.3. The van der Waals surface area contributed by atoms with Gasteiger partial charge in [-0.25, -0.2) is 4.79 Å². The highest BCUT2D eigenvalue weighted by Crippen LogP contribution is 2.22. The third-order valence-electron chi connectivity index (χ3n) is 4.93. The van der Waals surface area contributed by atoms with E-state index in [9.17, 15) is 14.4 Å². The molecule has 0 aromatic heterocycles. The molecule has 0 atom stereocenters. The predicted molar refractivity (Wildman–Crippen MR) is 105 cm³/mol. The van der Waals surface area contributed by atoms with Crippen LogP contribution in [-0.2, 0) is 14.3 Å². The number of benzene rings is 1. The largest absolute Gasteiger partial charge is 0.462 e. The molecule has 6 heteroatoms. The van der Waals surface area contributed by atoms with Crippen molar-refractivity contribution >= 4 is 23.5 Å². The quantitative estimate of drug-likeness (QED) is 0.582. The number of ether oxygens (including phenoxy) is 1. The lowest BCUT2D eigenvalue weighted by molar-refractivity contribution is -0.131. The third-order valence-corrected chi connectivity index (χ3v) is 4.93. The third kappa shape index (κ3) is 6.70. The summed E-state index contributed by atoms with van der Waals surface area (Å²) in [6.45, 7) is 4.10. The van der Waals surface area contributed by atoms with Gasteiger partial charge in [-0.2, -0.15) is 0 Å². The van der Waals surface area contributed by atoms with Crippen molar-refractivity contribution in [3.63, 3.8) is 0 Å². The summed E-state index contributed by atoms with van der Waals surface area (Å²) in [5.74, 6) is -0.483. The van der Waals surface area contributed by atoms with E-state index in [1.54, 1.807) is 38.1 Å². The minimum Gasteiger partial charge on any atom is -0.462 e. The van der Waals surface area contributed by atoms with Crippen LogP contribution in [0.2, 0.25) is 0 Å². The molecule has 1 fully saturated rings. The Labute approximate surface area is 161 Å². The highest BCUT2D eigenvalue weighted by Gasteiger charge is 2.22. The van der Waals surface area contributed by atoms with E-state index in [0.29, 0.717) is 24.4 Å². The van der Waals surface area contributed by atoms with Crippen molar-refractivity contribution in [1.29, 1.82) is 0 Å². The second kappa shape index (κ2) is 10.7. The molecular formula is C21H30N2O4. The second-order valence-corrected chi connectivity index (χ2v) is 6.95. The molecule has 2 rings (SSSR count). The first-order valence-electron chi connectivity index (χ1n) is 9.85. The van der Waals surface area contributed by atoms with Crippen LogP contribution in [0.25, 0.3) is 0 Å². The van der Waals surface area contributed by atoms with Crippen molar-refractivity contribution < 1.29 is 19.1 Å². The Morgan fingerprint density at radius 1 is 1.07 bits per heavy atom. The van der Waals surface area contributed by atoms with E-state index in [4.69, 9.17) is 4.74 Å². The number of hydrogen-bond donors (Lipinski definition) is 1. The van der Waals surface area contributed by atoms with E-state index in [1.165, 1.54) is 12.8 Å². The van der Waals surface area contributed by atoms with Gasteiger partial charge in [0.15, 0.2) is 0 Å². The van der Waals surface area contributed by atoms with E-state index < -0.39 is 0 Å². The summed E-state index contributed by atoms with van der Waals surface area (Å²) < 4.78 is 4.94.